The van der Waals surface area contributed by atoms with Crippen LogP contribution < -0.4 is 5.32 Å². The maximum atomic E-state index is 3.96. The summed E-state index contributed by atoms with van der Waals surface area (Å²) in [6.45, 7) is 5.66. The van der Waals surface area contributed by atoms with Crippen LogP contribution in [0.4, 0.5) is 0 Å². The Morgan fingerprint density at radius 3 is 0.778 bits per heavy atom. The molecule has 0 aliphatic carbocycles. The lowest BCUT2D eigenvalue weighted by atomic mass is 9.99. The molecule has 54 heavy (non-hydrogen) atoms. The largest absolute Gasteiger partial charge is 0.310 e. The van der Waals surface area contributed by atoms with Gasteiger partial charge in [-0.3, -0.25) is 0 Å². The predicted octanol–water partition coefficient (Wildman–Crippen LogP) is 19.0. The van der Waals surface area contributed by atoms with Crippen molar-refractivity contribution in [2.45, 2.75) is 296 Å². The van der Waals surface area contributed by atoms with Crippen LogP contribution in [0.25, 0.3) is 0 Å². The normalized spacial score (nSPS) is 11.5. The van der Waals surface area contributed by atoms with Crippen LogP contribution in [0.1, 0.15) is 289 Å². The Hall–Kier alpha value is -0.530. The molecule has 0 aliphatic rings. The van der Waals surface area contributed by atoms with Crippen LogP contribution in [0.2, 0.25) is 0 Å². The van der Waals surface area contributed by atoms with Crippen LogP contribution in [-0.2, 0) is 6.54 Å². The SMILES string of the molecule is CCCCCCCCCCCCCCCCCCCCCCC(CCCCCCCCCCCCCCCCCCCCCC)NCc1ccccc1.Cl. The number of nitrogens with one attached hydrogen (secondary N) is 1. The topological polar surface area (TPSA) is 12.0 Å². The molecule has 320 valence electrons. The summed E-state index contributed by atoms with van der Waals surface area (Å²) in [5.74, 6) is 0. The lowest BCUT2D eigenvalue weighted by Crippen LogP contribution is -2.28. The van der Waals surface area contributed by atoms with Crippen LogP contribution >= 0.6 is 12.4 Å². The molecule has 0 saturated carbocycles. The molecule has 0 saturated heterocycles. The van der Waals surface area contributed by atoms with Gasteiger partial charge in [0.2, 0.25) is 0 Å². The Balaban J connectivity index is 0.0000281. The first-order chi connectivity index (χ1) is 26.4. The number of rotatable bonds is 45. The van der Waals surface area contributed by atoms with Crippen molar-refractivity contribution in [3.8, 4) is 0 Å². The molecule has 1 rings (SSSR count). The second kappa shape index (κ2) is 46.8. The highest BCUT2D eigenvalue weighted by Gasteiger charge is 2.08. The molecule has 0 fully saturated rings. The number of unbranched alkanes of at least 4 members (excludes halogenated alkanes) is 38. The minimum absolute atomic E-state index is 0. The van der Waals surface area contributed by atoms with Crippen molar-refractivity contribution in [2.24, 2.45) is 0 Å². The highest BCUT2D eigenvalue weighted by Crippen LogP contribution is 2.19. The molecule has 0 bridgehead atoms. The highest BCUT2D eigenvalue weighted by atomic mass is 35.5. The van der Waals surface area contributed by atoms with Gasteiger partial charge < -0.3 is 5.32 Å². The van der Waals surface area contributed by atoms with Crippen molar-refractivity contribution in [1.29, 1.82) is 0 Å². The van der Waals surface area contributed by atoms with Gasteiger partial charge in [-0.1, -0.05) is 301 Å². The van der Waals surface area contributed by atoms with E-state index in [9.17, 15) is 0 Å². The van der Waals surface area contributed by atoms with Crippen molar-refractivity contribution in [3.63, 3.8) is 0 Å². The second-order valence-electron chi connectivity index (χ2n) is 17.6. The summed E-state index contributed by atoms with van der Waals surface area (Å²) in [5, 5.41) is 3.96. The van der Waals surface area contributed by atoms with Crippen LogP contribution in [-0.4, -0.2) is 6.04 Å². The number of hydrogen-bond acceptors (Lipinski definition) is 1. The molecule has 0 aliphatic heterocycles. The zero-order chi connectivity index (χ0) is 37.8. The quantitative estimate of drug-likeness (QED) is 0.0651. The van der Waals surface area contributed by atoms with E-state index < -0.39 is 0 Å². The number of halogens is 1. The van der Waals surface area contributed by atoms with Gasteiger partial charge in [-0.25, -0.2) is 0 Å². The smallest absolute Gasteiger partial charge is 0.0208 e. The standard InChI is InChI=1S/C52H99N.ClH/c1-3-5-7-9-11-13-15-17-19-21-23-25-27-29-31-33-35-37-39-44-48-52(53-50-51-46-42-41-43-47-51)49-45-40-38-36-34-32-30-28-26-24-22-20-18-16-14-12-10-8-6-4-2;/h41-43,46-47,52-53H,3-40,44-45,48-50H2,1-2H3;1H. The first-order valence-electron chi connectivity index (χ1n) is 25.1. The molecule has 0 radical (unpaired) electrons. The molecule has 1 nitrogen and oxygen atoms in total. The summed E-state index contributed by atoms with van der Waals surface area (Å²) in [4.78, 5) is 0. The number of benzene rings is 1. The van der Waals surface area contributed by atoms with Gasteiger partial charge in [-0.2, -0.15) is 0 Å². The van der Waals surface area contributed by atoms with E-state index in [4.69, 9.17) is 0 Å². The molecule has 0 amide bonds. The van der Waals surface area contributed by atoms with E-state index in [1.54, 1.807) is 0 Å². The van der Waals surface area contributed by atoms with Crippen molar-refractivity contribution in [2.75, 3.05) is 0 Å². The van der Waals surface area contributed by atoms with Crippen molar-refractivity contribution < 1.29 is 0 Å². The zero-order valence-corrected chi connectivity index (χ0v) is 38.1. The van der Waals surface area contributed by atoms with Gasteiger partial charge in [-0.05, 0) is 18.4 Å². The molecule has 0 atom stereocenters. The van der Waals surface area contributed by atoms with E-state index in [0.717, 1.165) is 6.54 Å². The maximum Gasteiger partial charge on any atom is 0.0208 e. The van der Waals surface area contributed by atoms with Gasteiger partial charge in [0.1, 0.15) is 0 Å². The Kier molecular flexibility index (Phi) is 46.4. The minimum atomic E-state index is 0. The van der Waals surface area contributed by atoms with E-state index in [1.807, 2.05) is 0 Å². The molecule has 2 heteroatoms. The third kappa shape index (κ3) is 41.1. The predicted molar refractivity (Wildman–Crippen MR) is 250 cm³/mol. The molecular formula is C52H100ClN. The van der Waals surface area contributed by atoms with Crippen LogP contribution in [0.15, 0.2) is 30.3 Å². The summed E-state index contributed by atoms with van der Waals surface area (Å²) in [5.41, 5.74) is 1.43. The van der Waals surface area contributed by atoms with Crippen molar-refractivity contribution in [1.82, 2.24) is 5.32 Å². The first-order valence-corrected chi connectivity index (χ1v) is 25.1. The molecule has 0 spiro atoms. The average Bonchev–Trinajstić information content (AvgIpc) is 3.18. The Morgan fingerprint density at radius 2 is 0.537 bits per heavy atom. The van der Waals surface area contributed by atoms with E-state index in [1.165, 1.54) is 275 Å². The maximum absolute atomic E-state index is 3.96. The van der Waals surface area contributed by atoms with Crippen molar-refractivity contribution >= 4 is 12.4 Å². The molecular weight excluding hydrogens is 674 g/mol. The van der Waals surface area contributed by atoms with Gasteiger partial charge in [0.25, 0.3) is 0 Å². The first kappa shape index (κ1) is 53.5. The fourth-order valence-corrected chi connectivity index (χ4v) is 8.50. The van der Waals surface area contributed by atoms with Gasteiger partial charge in [-0.15, -0.1) is 12.4 Å². The molecule has 1 N–H and O–H groups in total. The molecule has 1 aromatic rings. The lowest BCUT2D eigenvalue weighted by Gasteiger charge is -2.19. The van der Waals surface area contributed by atoms with Crippen LogP contribution in [0.3, 0.4) is 0 Å². The zero-order valence-electron chi connectivity index (χ0n) is 37.3. The summed E-state index contributed by atoms with van der Waals surface area (Å²) >= 11 is 0. The van der Waals surface area contributed by atoms with Gasteiger partial charge in [0, 0.05) is 12.6 Å². The minimum Gasteiger partial charge on any atom is -0.310 e. The molecule has 0 unspecified atom stereocenters. The van der Waals surface area contributed by atoms with Crippen molar-refractivity contribution in [3.05, 3.63) is 35.9 Å². The van der Waals surface area contributed by atoms with E-state index in [2.05, 4.69) is 49.5 Å². The van der Waals surface area contributed by atoms with Crippen LogP contribution in [0.5, 0.6) is 0 Å². The van der Waals surface area contributed by atoms with E-state index in [0.29, 0.717) is 6.04 Å². The monoisotopic (exact) mass is 774 g/mol. The Morgan fingerprint density at radius 1 is 0.315 bits per heavy atom. The summed E-state index contributed by atoms with van der Waals surface area (Å²) in [6, 6.07) is 11.8. The van der Waals surface area contributed by atoms with Crippen LogP contribution in [0, 0.1) is 0 Å². The Bertz CT molecular complexity index is 736. The summed E-state index contributed by atoms with van der Waals surface area (Å²) in [7, 11) is 0. The third-order valence-electron chi connectivity index (χ3n) is 12.2. The fraction of sp³-hybridized carbons (Fsp3) is 0.885. The molecule has 0 heterocycles. The van der Waals surface area contributed by atoms with E-state index >= 15 is 0 Å². The van der Waals surface area contributed by atoms with Gasteiger partial charge in [0.15, 0.2) is 0 Å². The van der Waals surface area contributed by atoms with Gasteiger partial charge >= 0.3 is 0 Å². The van der Waals surface area contributed by atoms with E-state index in [-0.39, 0.29) is 12.4 Å². The summed E-state index contributed by atoms with van der Waals surface area (Å²) in [6.07, 6.45) is 61.2. The average molecular weight is 775 g/mol. The highest BCUT2D eigenvalue weighted by molar-refractivity contribution is 5.85. The summed E-state index contributed by atoms with van der Waals surface area (Å²) < 4.78 is 0. The lowest BCUT2D eigenvalue weighted by molar-refractivity contribution is 0.409. The third-order valence-corrected chi connectivity index (χ3v) is 12.2. The second-order valence-corrected chi connectivity index (χ2v) is 17.6. The van der Waals surface area contributed by atoms with Gasteiger partial charge in [0.05, 0.1) is 0 Å². The fourth-order valence-electron chi connectivity index (χ4n) is 8.50. The number of hydrogen-bond donors (Lipinski definition) is 1. The Labute approximate surface area is 348 Å². The molecule has 0 aromatic heterocycles. The molecule has 1 aromatic carbocycles.